The molecule has 77 heavy (non-hydrogen) atoms. The van der Waals surface area contributed by atoms with Gasteiger partial charge in [0.15, 0.2) is 0 Å². The minimum atomic E-state index is -3.33. The predicted molar refractivity (Wildman–Crippen MR) is 280 cm³/mol. The minimum Gasteiger partial charge on any atom is -0.508 e. The first-order valence-corrected chi connectivity index (χ1v) is 26.9. The molecule has 1 aromatic carbocycles. The third kappa shape index (κ3) is 18.8. The highest BCUT2D eigenvalue weighted by molar-refractivity contribution is 5.98. The monoisotopic (exact) mass is 1100 g/mol. The summed E-state index contributed by atoms with van der Waals surface area (Å²) in [6, 6.07) is -7.46. The topological polar surface area (TPSA) is 412 Å². The van der Waals surface area contributed by atoms with Gasteiger partial charge in [-0.2, -0.15) is 0 Å². The Kier molecular flexibility index (Phi) is 23.7. The largest absolute Gasteiger partial charge is 0.508 e. The van der Waals surface area contributed by atoms with E-state index in [-0.39, 0.29) is 30.7 Å². The molecule has 3 saturated heterocycles. The van der Waals surface area contributed by atoms with Gasteiger partial charge in [-0.15, -0.1) is 0 Å². The number of phenolic OH excluding ortho intramolecular Hbond substituents is 1. The van der Waals surface area contributed by atoms with Crippen molar-refractivity contribution in [3.63, 3.8) is 0 Å². The lowest BCUT2D eigenvalue weighted by molar-refractivity contribution is -0.148. The molecule has 25 heteroatoms. The number of rotatable bonds is 23. The number of hydrogen-bond acceptors (Lipinski definition) is 18. The van der Waals surface area contributed by atoms with E-state index in [1.54, 1.807) is 0 Å². The quantitative estimate of drug-likeness (QED) is 0.0477. The number of carbonyl (C=O) groups is 7. The molecule has 25 nitrogen and oxygen atoms in total. The zero-order valence-corrected chi connectivity index (χ0v) is 44.6. The Labute approximate surface area is 456 Å². The number of phenols is 1. The zero-order valence-electron chi connectivity index (χ0n) is 48.6. The molecule has 1 aromatic rings. The van der Waals surface area contributed by atoms with Crippen molar-refractivity contribution in [3.8, 4) is 5.75 Å². The van der Waals surface area contributed by atoms with Gasteiger partial charge in [0.25, 0.3) is 0 Å². The summed E-state index contributed by atoms with van der Waals surface area (Å²) < 4.78 is 32.9. The summed E-state index contributed by atoms with van der Waals surface area (Å²) in [4.78, 5) is 102. The van der Waals surface area contributed by atoms with Crippen molar-refractivity contribution in [1.29, 1.82) is 0 Å². The second-order valence-corrected chi connectivity index (χ2v) is 20.9. The van der Waals surface area contributed by atoms with Crippen LogP contribution in [0.15, 0.2) is 24.3 Å². The maximum Gasteiger partial charge on any atom is 0.248 e. The summed E-state index contributed by atoms with van der Waals surface area (Å²) >= 11 is 0. The van der Waals surface area contributed by atoms with Gasteiger partial charge in [0.1, 0.15) is 60.4 Å². The lowest BCUT2D eigenvalue weighted by Gasteiger charge is -2.35. The molecule has 16 atom stereocenters. The van der Waals surface area contributed by atoms with E-state index in [0.717, 1.165) is 68.9 Å². The molecule has 0 aliphatic carbocycles. The van der Waals surface area contributed by atoms with Crippen molar-refractivity contribution in [2.75, 3.05) is 32.6 Å². The molecular formula is C52H88N10O15. The minimum absolute atomic E-state index is 0.106. The SMILES string of the molecule is [2H]C([2H])(N)C([2H])([2H])N[C@H]1NC(=O)[C@@H]2[C@@H](O)CCN2C(=O)[C@H]([C@H](O)CCN)NC(=O)[C@H]([C@H](O)[C@@H](O)c2ccc(O)cc2)NC(=O)[C@@H]2C[C@@H](O)CN2C(=O)[C@H]([C@@H](C)O)NC(=O)[C@@H](NC(=O)CCCCCCCC[C@@H](C)C[C@@H](C)CC)C[C@H]1O. The maximum atomic E-state index is 14.7. The van der Waals surface area contributed by atoms with Crippen molar-refractivity contribution in [3.05, 3.63) is 29.8 Å². The van der Waals surface area contributed by atoms with Gasteiger partial charge in [-0.1, -0.05) is 77.8 Å². The van der Waals surface area contributed by atoms with Crippen LogP contribution in [0.1, 0.15) is 135 Å². The highest BCUT2D eigenvalue weighted by Gasteiger charge is 2.49. The van der Waals surface area contributed by atoms with E-state index in [4.69, 9.17) is 17.0 Å². The first kappa shape index (κ1) is 58.1. The standard InChI is InChI=1S/C52H88N10O15/c1-5-28(2)24-29(3)12-10-8-6-7-9-11-13-39(69)56-34-26-38(68)46(55-22-21-54)60-50(75)43-37(67)19-23-61(43)52(77)41(36(66)18-20-53)58-49(74)42(45(71)44(70)31-14-16-32(64)17-15-31)59-48(73)35-25-33(65)27-62(35)51(76)40(30(4)63)57-47(34)72/h14-17,28-30,33-38,40-46,55,63-68,70-71H,5-13,18-27,53-54H2,1-4H3,(H,56,69)(H,57,72)(H,58,74)(H,59,73)(H,60,75)/t28-,29+,30+,33+,34-,35-,36+,37-,38+,40-,41-,42-,43-,44-,45-,46-/m0/s1/i21D2,22D2. The van der Waals surface area contributed by atoms with E-state index >= 15 is 0 Å². The molecule has 436 valence electrons. The first-order valence-electron chi connectivity index (χ1n) is 28.9. The van der Waals surface area contributed by atoms with Crippen LogP contribution in [0.3, 0.4) is 0 Å². The number of unbranched alkanes of at least 4 members (excludes halogenated alkanes) is 5. The Balaban J connectivity index is 1.80. The number of aliphatic hydroxyl groups is 7. The van der Waals surface area contributed by atoms with Crippen LogP contribution in [0.4, 0.5) is 0 Å². The molecule has 0 bridgehead atoms. The molecule has 3 aliphatic rings. The van der Waals surface area contributed by atoms with E-state index in [1.165, 1.54) is 12.1 Å². The van der Waals surface area contributed by atoms with Crippen LogP contribution in [-0.4, -0.2) is 204 Å². The zero-order chi connectivity index (χ0) is 60.7. The summed E-state index contributed by atoms with van der Waals surface area (Å²) in [5.74, 6) is -7.55. The molecule has 4 rings (SSSR count). The smallest absolute Gasteiger partial charge is 0.248 e. The number of aliphatic hydroxyl groups excluding tert-OH is 7. The number of benzene rings is 1. The number of carbonyl (C=O) groups excluding carboxylic acids is 7. The number of hydrogen-bond donors (Lipinski definition) is 16. The van der Waals surface area contributed by atoms with E-state index in [0.29, 0.717) is 29.6 Å². The van der Waals surface area contributed by atoms with E-state index < -0.39 is 172 Å². The lowest BCUT2D eigenvalue weighted by atomic mass is 9.91. The van der Waals surface area contributed by atoms with E-state index in [9.17, 15) is 74.4 Å². The van der Waals surface area contributed by atoms with Crippen molar-refractivity contribution in [2.45, 2.75) is 203 Å². The summed E-state index contributed by atoms with van der Waals surface area (Å²) in [5, 5.41) is 103. The van der Waals surface area contributed by atoms with Crippen molar-refractivity contribution >= 4 is 41.4 Å². The van der Waals surface area contributed by atoms with Crippen LogP contribution in [-0.2, 0) is 33.6 Å². The molecule has 0 radical (unpaired) electrons. The van der Waals surface area contributed by atoms with Crippen LogP contribution in [0.5, 0.6) is 5.75 Å². The number of fused-ring (bicyclic) bond motifs is 2. The van der Waals surface area contributed by atoms with Gasteiger partial charge < -0.3 is 88.7 Å². The number of amides is 7. The van der Waals surface area contributed by atoms with Crippen molar-refractivity contribution in [1.82, 2.24) is 41.7 Å². The van der Waals surface area contributed by atoms with Gasteiger partial charge in [-0.3, -0.25) is 38.9 Å². The highest BCUT2D eigenvalue weighted by Crippen LogP contribution is 2.27. The third-order valence-electron chi connectivity index (χ3n) is 14.7. The van der Waals surface area contributed by atoms with Crippen LogP contribution in [0.25, 0.3) is 0 Å². The van der Waals surface area contributed by atoms with Gasteiger partial charge in [-0.05, 0) is 68.7 Å². The molecule has 18 N–H and O–H groups in total. The molecule has 0 aromatic heterocycles. The molecule has 0 saturated carbocycles. The third-order valence-corrected chi connectivity index (χ3v) is 14.7. The van der Waals surface area contributed by atoms with E-state index in [2.05, 4.69) is 52.7 Å². The fourth-order valence-electron chi connectivity index (χ4n) is 10.1. The Bertz CT molecular complexity index is 2260. The van der Waals surface area contributed by atoms with Crippen molar-refractivity contribution in [2.24, 2.45) is 23.3 Å². The van der Waals surface area contributed by atoms with Crippen molar-refractivity contribution < 1.29 is 79.9 Å². The highest BCUT2D eigenvalue weighted by atomic mass is 16.3. The van der Waals surface area contributed by atoms with Crippen LogP contribution < -0.4 is 43.4 Å². The van der Waals surface area contributed by atoms with Crippen LogP contribution in [0.2, 0.25) is 0 Å². The molecule has 3 aliphatic heterocycles. The van der Waals surface area contributed by atoms with Gasteiger partial charge in [0.05, 0.1) is 30.5 Å². The molecular weight excluding hydrogens is 1000 g/mol. The fraction of sp³-hybridized carbons (Fsp3) is 0.750. The lowest BCUT2D eigenvalue weighted by Crippen LogP contribution is -2.65. The van der Waals surface area contributed by atoms with Crippen LogP contribution in [0, 0.1) is 11.8 Å². The predicted octanol–water partition coefficient (Wildman–Crippen LogP) is -3.31. The summed E-state index contributed by atoms with van der Waals surface area (Å²) in [6.45, 7) is -0.237. The summed E-state index contributed by atoms with van der Waals surface area (Å²) in [5.41, 5.74) is 11.2. The van der Waals surface area contributed by atoms with Gasteiger partial charge in [0.2, 0.25) is 41.4 Å². The summed E-state index contributed by atoms with van der Waals surface area (Å²) in [7, 11) is 0. The maximum absolute atomic E-state index is 14.7. The average molecular weight is 1100 g/mol. The Morgan fingerprint density at radius 1 is 0.753 bits per heavy atom. The van der Waals surface area contributed by atoms with E-state index in [1.807, 2.05) is 0 Å². The Morgan fingerprint density at radius 2 is 1.38 bits per heavy atom. The number of nitrogens with zero attached hydrogens (tertiary/aromatic N) is 2. The second-order valence-electron chi connectivity index (χ2n) is 20.9. The second kappa shape index (κ2) is 31.5. The Hall–Kier alpha value is -5.09. The summed E-state index contributed by atoms with van der Waals surface area (Å²) in [6.07, 6.45) is -10.0. The molecule has 0 unspecified atom stereocenters. The number of nitrogens with two attached hydrogens (primary N) is 2. The fourth-order valence-corrected chi connectivity index (χ4v) is 10.1. The molecule has 3 heterocycles. The molecule has 0 spiro atoms. The number of nitrogens with one attached hydrogen (secondary N) is 6. The first-order chi connectivity index (χ1) is 37.9. The van der Waals surface area contributed by atoms with Gasteiger partial charge in [0, 0.05) is 50.8 Å². The van der Waals surface area contributed by atoms with Crippen LogP contribution >= 0.6 is 0 Å². The van der Waals surface area contributed by atoms with Gasteiger partial charge in [-0.25, -0.2) is 0 Å². The van der Waals surface area contributed by atoms with Gasteiger partial charge >= 0.3 is 0 Å². The molecule has 7 amide bonds. The normalized spacial score (nSPS) is 29.8. The number of aromatic hydroxyl groups is 1. The Morgan fingerprint density at radius 3 is 2.01 bits per heavy atom. The molecule has 3 fully saturated rings. The average Bonchev–Trinajstić information content (AvgIpc) is 3.99.